The number of amides is 1. The summed E-state index contributed by atoms with van der Waals surface area (Å²) in [6.45, 7) is 8.66. The molecule has 0 radical (unpaired) electrons. The van der Waals surface area contributed by atoms with Crippen LogP contribution >= 0.6 is 0 Å². The number of anilines is 2. The summed E-state index contributed by atoms with van der Waals surface area (Å²) >= 11 is 0. The molecule has 0 aromatic heterocycles. The number of ether oxygens (including phenoxy) is 2. The van der Waals surface area contributed by atoms with E-state index in [0.717, 1.165) is 28.9 Å². The first-order valence-electron chi connectivity index (χ1n) is 9.94. The van der Waals surface area contributed by atoms with Crippen LogP contribution in [0.2, 0.25) is 0 Å². The number of benzene rings is 2. The third kappa shape index (κ3) is 3.56. The van der Waals surface area contributed by atoms with Gasteiger partial charge in [-0.2, -0.15) is 0 Å². The van der Waals surface area contributed by atoms with Gasteiger partial charge in [-0.3, -0.25) is 4.90 Å². The molecule has 4 rings (SSSR count). The minimum atomic E-state index is -1.32. The van der Waals surface area contributed by atoms with Crippen molar-refractivity contribution in [1.82, 2.24) is 0 Å². The van der Waals surface area contributed by atoms with Crippen molar-refractivity contribution in [3.05, 3.63) is 53.6 Å². The lowest BCUT2D eigenvalue weighted by atomic mass is 9.73. The second-order valence-electron chi connectivity index (χ2n) is 9.23. The van der Waals surface area contributed by atoms with Crippen LogP contribution < -0.4 is 15.0 Å². The number of carbonyl (C=O) groups is 2. The van der Waals surface area contributed by atoms with Gasteiger partial charge in [-0.1, -0.05) is 26.0 Å². The number of cyclic esters (lactones) is 1. The monoisotopic (exact) mass is 410 g/mol. The van der Waals surface area contributed by atoms with Gasteiger partial charge >= 0.3 is 12.2 Å². The Labute approximate surface area is 175 Å². The second kappa shape index (κ2) is 6.93. The van der Waals surface area contributed by atoms with Gasteiger partial charge < -0.3 is 19.9 Å². The van der Waals surface area contributed by atoms with Crippen molar-refractivity contribution in [2.75, 3.05) is 16.8 Å². The van der Waals surface area contributed by atoms with Crippen molar-refractivity contribution in [2.45, 2.75) is 45.7 Å². The van der Waals surface area contributed by atoms with Crippen molar-refractivity contribution in [3.63, 3.8) is 0 Å². The van der Waals surface area contributed by atoms with Gasteiger partial charge in [0.15, 0.2) is 0 Å². The number of carboxylic acid groups (broad SMARTS) is 1. The van der Waals surface area contributed by atoms with Gasteiger partial charge in [0.25, 0.3) is 0 Å². The first kappa shape index (κ1) is 20.1. The predicted octanol–water partition coefficient (Wildman–Crippen LogP) is 5.21. The van der Waals surface area contributed by atoms with Crippen molar-refractivity contribution >= 4 is 23.6 Å². The maximum atomic E-state index is 12.3. The number of rotatable bonds is 3. The van der Waals surface area contributed by atoms with Crippen LogP contribution in [0.5, 0.6) is 5.75 Å². The SMILES string of the molecule is CC1(C)Cc2cc(OC(=O)O)ccc2NC1c1cccc(N2C(=O)OCC2(C)C)c1. The molecule has 0 spiro atoms. The van der Waals surface area contributed by atoms with Crippen molar-refractivity contribution in [3.8, 4) is 5.75 Å². The van der Waals surface area contributed by atoms with Gasteiger partial charge in [0, 0.05) is 11.4 Å². The van der Waals surface area contributed by atoms with Crippen LogP contribution in [0.3, 0.4) is 0 Å². The smallest absolute Gasteiger partial charge is 0.449 e. The van der Waals surface area contributed by atoms with Crippen LogP contribution in [0.15, 0.2) is 42.5 Å². The van der Waals surface area contributed by atoms with Gasteiger partial charge in [-0.25, -0.2) is 9.59 Å². The van der Waals surface area contributed by atoms with E-state index in [9.17, 15) is 9.59 Å². The summed E-state index contributed by atoms with van der Waals surface area (Å²) in [6, 6.07) is 13.3. The lowest BCUT2D eigenvalue weighted by molar-refractivity contribution is 0.144. The first-order chi connectivity index (χ1) is 14.1. The fourth-order valence-corrected chi connectivity index (χ4v) is 4.41. The third-order valence-electron chi connectivity index (χ3n) is 5.81. The minimum absolute atomic E-state index is 0.0120. The number of nitrogens with zero attached hydrogens (tertiary/aromatic N) is 1. The number of hydrogen-bond donors (Lipinski definition) is 2. The molecule has 2 N–H and O–H groups in total. The van der Waals surface area contributed by atoms with E-state index in [0.29, 0.717) is 12.4 Å². The van der Waals surface area contributed by atoms with Crippen LogP contribution in [-0.4, -0.2) is 29.5 Å². The third-order valence-corrected chi connectivity index (χ3v) is 5.81. The Kier molecular flexibility index (Phi) is 4.64. The highest BCUT2D eigenvalue weighted by Gasteiger charge is 2.42. The minimum Gasteiger partial charge on any atom is -0.449 e. The molecular formula is C23H26N2O5. The van der Waals surface area contributed by atoms with Gasteiger partial charge in [-0.05, 0) is 67.1 Å². The standard InChI is InChI=1S/C23H26N2O5/c1-22(2)12-15-11-17(30-21(27)28)8-9-18(15)24-19(22)14-6-5-7-16(10-14)25-20(26)29-13-23(25,3)4/h5-11,19,24H,12-13H2,1-4H3,(H,27,28). The number of hydrogen-bond acceptors (Lipinski definition) is 5. The van der Waals surface area contributed by atoms with E-state index < -0.39 is 11.7 Å². The maximum Gasteiger partial charge on any atom is 0.511 e. The fourth-order valence-electron chi connectivity index (χ4n) is 4.41. The molecule has 1 unspecified atom stereocenters. The Morgan fingerprint density at radius 1 is 1.20 bits per heavy atom. The summed E-state index contributed by atoms with van der Waals surface area (Å²) in [5.74, 6) is 0.314. The van der Waals surface area contributed by atoms with E-state index in [2.05, 4.69) is 25.2 Å². The van der Waals surface area contributed by atoms with Crippen LogP contribution in [0.1, 0.15) is 44.9 Å². The molecule has 0 saturated carbocycles. The summed E-state index contributed by atoms with van der Waals surface area (Å²) in [5.41, 5.74) is 3.28. The molecule has 158 valence electrons. The molecule has 2 heterocycles. The van der Waals surface area contributed by atoms with Gasteiger partial charge in [-0.15, -0.1) is 0 Å². The Morgan fingerprint density at radius 3 is 2.63 bits per heavy atom. The Balaban J connectivity index is 1.66. The van der Waals surface area contributed by atoms with E-state index in [1.807, 2.05) is 38.1 Å². The molecule has 1 fully saturated rings. The van der Waals surface area contributed by atoms with Gasteiger partial charge in [0.1, 0.15) is 12.4 Å². The van der Waals surface area contributed by atoms with E-state index in [-0.39, 0.29) is 17.6 Å². The molecule has 2 aromatic carbocycles. The topological polar surface area (TPSA) is 88.1 Å². The fraction of sp³-hybridized carbons (Fsp3) is 0.391. The van der Waals surface area contributed by atoms with Crippen LogP contribution in [0.4, 0.5) is 21.0 Å². The summed E-state index contributed by atoms with van der Waals surface area (Å²) in [5, 5.41) is 12.5. The summed E-state index contributed by atoms with van der Waals surface area (Å²) < 4.78 is 10.1. The van der Waals surface area contributed by atoms with E-state index >= 15 is 0 Å². The van der Waals surface area contributed by atoms with Crippen molar-refractivity contribution in [1.29, 1.82) is 0 Å². The summed E-state index contributed by atoms with van der Waals surface area (Å²) in [4.78, 5) is 24.9. The lowest BCUT2D eigenvalue weighted by Gasteiger charge is -2.41. The second-order valence-corrected chi connectivity index (χ2v) is 9.23. The zero-order valence-electron chi connectivity index (χ0n) is 17.6. The number of nitrogens with one attached hydrogen (secondary N) is 1. The summed E-state index contributed by atoms with van der Waals surface area (Å²) in [7, 11) is 0. The Morgan fingerprint density at radius 2 is 1.97 bits per heavy atom. The van der Waals surface area contributed by atoms with Crippen LogP contribution in [0, 0.1) is 5.41 Å². The van der Waals surface area contributed by atoms with Crippen molar-refractivity contribution < 1.29 is 24.2 Å². The first-order valence-corrected chi connectivity index (χ1v) is 9.94. The number of carbonyl (C=O) groups excluding carboxylic acids is 1. The average molecular weight is 410 g/mol. The van der Waals surface area contributed by atoms with E-state index in [4.69, 9.17) is 14.6 Å². The maximum absolute atomic E-state index is 12.3. The zero-order valence-corrected chi connectivity index (χ0v) is 17.6. The van der Waals surface area contributed by atoms with Crippen LogP contribution in [-0.2, 0) is 11.2 Å². The molecular weight excluding hydrogens is 384 g/mol. The molecule has 0 bridgehead atoms. The molecule has 30 heavy (non-hydrogen) atoms. The zero-order chi connectivity index (χ0) is 21.7. The lowest BCUT2D eigenvalue weighted by Crippen LogP contribution is -2.42. The Hall–Kier alpha value is -3.22. The highest BCUT2D eigenvalue weighted by Crippen LogP contribution is 2.46. The van der Waals surface area contributed by atoms with Gasteiger partial charge in [0.2, 0.25) is 0 Å². The quantitative estimate of drug-likeness (QED) is 0.533. The van der Waals surface area contributed by atoms with Crippen molar-refractivity contribution in [2.24, 2.45) is 5.41 Å². The molecule has 7 nitrogen and oxygen atoms in total. The Bertz CT molecular complexity index is 1010. The molecule has 2 aromatic rings. The molecule has 2 aliphatic rings. The molecule has 2 aliphatic heterocycles. The highest BCUT2D eigenvalue weighted by atomic mass is 16.7. The average Bonchev–Trinajstić information content (AvgIpc) is 2.92. The predicted molar refractivity (Wildman–Crippen MR) is 113 cm³/mol. The normalized spacial score (nSPS) is 21.4. The van der Waals surface area contributed by atoms with Gasteiger partial charge in [0.05, 0.1) is 11.6 Å². The largest absolute Gasteiger partial charge is 0.511 e. The molecule has 1 atom stereocenters. The molecule has 1 saturated heterocycles. The number of fused-ring (bicyclic) bond motifs is 1. The molecule has 7 heteroatoms. The summed E-state index contributed by atoms with van der Waals surface area (Å²) in [6.07, 6.45) is -0.904. The van der Waals surface area contributed by atoms with Crippen LogP contribution in [0.25, 0.3) is 0 Å². The van der Waals surface area contributed by atoms with E-state index in [1.54, 1.807) is 17.0 Å². The highest BCUT2D eigenvalue weighted by molar-refractivity contribution is 5.91. The molecule has 1 amide bonds. The van der Waals surface area contributed by atoms with E-state index in [1.165, 1.54) is 0 Å². The molecule has 0 aliphatic carbocycles.